The van der Waals surface area contributed by atoms with Crippen molar-refractivity contribution in [1.82, 2.24) is 19.6 Å². The van der Waals surface area contributed by atoms with Gasteiger partial charge in [0.2, 0.25) is 5.91 Å². The Hall–Kier alpha value is -2.12. The highest BCUT2D eigenvalue weighted by Gasteiger charge is 2.15. The van der Waals surface area contributed by atoms with Gasteiger partial charge in [0.25, 0.3) is 0 Å². The molecule has 1 aromatic carbocycles. The number of carbonyl (C=O) groups is 1. The van der Waals surface area contributed by atoms with Gasteiger partial charge in [-0.15, -0.1) is 0 Å². The van der Waals surface area contributed by atoms with Gasteiger partial charge in [-0.1, -0.05) is 29.8 Å². The molecule has 0 bridgehead atoms. The normalized spacial score (nSPS) is 10.9. The molecule has 3 aromatic rings. The molecule has 0 aliphatic rings. The van der Waals surface area contributed by atoms with Gasteiger partial charge in [-0.05, 0) is 41.4 Å². The first-order chi connectivity index (χ1) is 11.9. The smallest absolute Gasteiger partial charge is 0.246 e. The molecular weight excluding hydrogens is 406 g/mol. The van der Waals surface area contributed by atoms with E-state index >= 15 is 0 Å². The van der Waals surface area contributed by atoms with E-state index in [0.717, 1.165) is 27.1 Å². The maximum absolute atomic E-state index is 12.3. The minimum Gasteiger partial charge on any atom is -0.321 e. The standard InChI is InChI=1S/C17H17BrClN5O/c1-11-17(21-16(25)10-23-9-14(18)7-20-23)12(2)24(22-11)8-13-5-3-4-6-15(13)19/h3-7,9H,8,10H2,1-2H3,(H,21,25). The van der Waals surface area contributed by atoms with E-state index in [-0.39, 0.29) is 12.5 Å². The van der Waals surface area contributed by atoms with E-state index in [1.54, 1.807) is 17.1 Å². The molecule has 3 rings (SSSR count). The summed E-state index contributed by atoms with van der Waals surface area (Å²) in [4.78, 5) is 12.3. The number of halogens is 2. The quantitative estimate of drug-likeness (QED) is 0.680. The lowest BCUT2D eigenvalue weighted by Crippen LogP contribution is -2.19. The number of hydrogen-bond acceptors (Lipinski definition) is 3. The summed E-state index contributed by atoms with van der Waals surface area (Å²) in [5.41, 5.74) is 3.35. The molecule has 0 saturated carbocycles. The molecule has 0 unspecified atom stereocenters. The number of benzene rings is 1. The predicted molar refractivity (Wildman–Crippen MR) is 101 cm³/mol. The summed E-state index contributed by atoms with van der Waals surface area (Å²) < 4.78 is 4.25. The monoisotopic (exact) mass is 421 g/mol. The number of nitrogens with one attached hydrogen (secondary N) is 1. The van der Waals surface area contributed by atoms with Crippen LogP contribution in [0.5, 0.6) is 0 Å². The number of anilines is 1. The van der Waals surface area contributed by atoms with Gasteiger partial charge >= 0.3 is 0 Å². The highest BCUT2D eigenvalue weighted by molar-refractivity contribution is 9.10. The largest absolute Gasteiger partial charge is 0.321 e. The highest BCUT2D eigenvalue weighted by Crippen LogP contribution is 2.22. The van der Waals surface area contributed by atoms with Crippen LogP contribution in [0.2, 0.25) is 5.02 Å². The molecule has 2 heterocycles. The number of nitrogens with zero attached hydrogens (tertiary/aromatic N) is 4. The highest BCUT2D eigenvalue weighted by atomic mass is 79.9. The van der Waals surface area contributed by atoms with E-state index in [0.29, 0.717) is 11.6 Å². The molecule has 0 aliphatic carbocycles. The number of amides is 1. The average Bonchev–Trinajstić information content (AvgIpc) is 3.08. The van der Waals surface area contributed by atoms with E-state index in [9.17, 15) is 4.79 Å². The molecule has 130 valence electrons. The van der Waals surface area contributed by atoms with Gasteiger partial charge in [0.15, 0.2) is 0 Å². The summed E-state index contributed by atoms with van der Waals surface area (Å²) in [7, 11) is 0. The van der Waals surface area contributed by atoms with Crippen molar-refractivity contribution >= 4 is 39.1 Å². The van der Waals surface area contributed by atoms with Crippen LogP contribution in [0.15, 0.2) is 41.1 Å². The van der Waals surface area contributed by atoms with E-state index in [1.165, 1.54) is 0 Å². The number of carbonyl (C=O) groups excluding carboxylic acids is 1. The Kier molecular flexibility index (Phi) is 5.24. The van der Waals surface area contributed by atoms with Crippen molar-refractivity contribution in [3.8, 4) is 0 Å². The van der Waals surface area contributed by atoms with Gasteiger partial charge in [0.05, 0.1) is 34.3 Å². The van der Waals surface area contributed by atoms with E-state index < -0.39 is 0 Å². The molecule has 0 fully saturated rings. The van der Waals surface area contributed by atoms with Gasteiger partial charge in [0, 0.05) is 11.2 Å². The number of hydrogen-bond donors (Lipinski definition) is 1. The fourth-order valence-corrected chi connectivity index (χ4v) is 3.09. The van der Waals surface area contributed by atoms with Crippen LogP contribution in [0.1, 0.15) is 17.0 Å². The minimum atomic E-state index is -0.154. The van der Waals surface area contributed by atoms with Gasteiger partial charge in [-0.2, -0.15) is 10.2 Å². The van der Waals surface area contributed by atoms with Crippen molar-refractivity contribution < 1.29 is 4.79 Å². The van der Waals surface area contributed by atoms with Crippen molar-refractivity contribution in [2.45, 2.75) is 26.9 Å². The number of aryl methyl sites for hydroxylation is 1. The van der Waals surface area contributed by atoms with E-state index in [2.05, 4.69) is 31.4 Å². The van der Waals surface area contributed by atoms with Crippen molar-refractivity contribution in [3.63, 3.8) is 0 Å². The lowest BCUT2D eigenvalue weighted by Gasteiger charge is -2.08. The number of aromatic nitrogens is 4. The van der Waals surface area contributed by atoms with Crippen LogP contribution >= 0.6 is 27.5 Å². The lowest BCUT2D eigenvalue weighted by molar-refractivity contribution is -0.116. The summed E-state index contributed by atoms with van der Waals surface area (Å²) in [6, 6.07) is 7.66. The third kappa shape index (κ3) is 4.11. The zero-order valence-electron chi connectivity index (χ0n) is 13.8. The van der Waals surface area contributed by atoms with Crippen molar-refractivity contribution in [3.05, 3.63) is 63.1 Å². The summed E-state index contributed by atoms with van der Waals surface area (Å²) in [5, 5.41) is 12.2. The number of rotatable bonds is 5. The van der Waals surface area contributed by atoms with Crippen LogP contribution in [0, 0.1) is 13.8 Å². The van der Waals surface area contributed by atoms with Crippen LogP contribution in [0.25, 0.3) is 0 Å². The molecule has 1 N–H and O–H groups in total. The fourth-order valence-electron chi connectivity index (χ4n) is 2.57. The summed E-state index contributed by atoms with van der Waals surface area (Å²) in [6.07, 6.45) is 3.39. The molecule has 0 saturated heterocycles. The second-order valence-corrected chi connectivity index (χ2v) is 7.02. The Morgan fingerprint density at radius 2 is 2.08 bits per heavy atom. The van der Waals surface area contributed by atoms with E-state index in [4.69, 9.17) is 11.6 Å². The summed E-state index contributed by atoms with van der Waals surface area (Å²) >= 11 is 9.54. The molecule has 0 aliphatic heterocycles. The van der Waals surface area contributed by atoms with Crippen LogP contribution < -0.4 is 5.32 Å². The zero-order valence-corrected chi connectivity index (χ0v) is 16.2. The molecule has 6 nitrogen and oxygen atoms in total. The molecule has 8 heteroatoms. The van der Waals surface area contributed by atoms with Gasteiger partial charge in [-0.25, -0.2) is 0 Å². The first-order valence-electron chi connectivity index (χ1n) is 7.69. The topological polar surface area (TPSA) is 64.7 Å². The maximum atomic E-state index is 12.3. The van der Waals surface area contributed by atoms with Crippen molar-refractivity contribution in [2.24, 2.45) is 0 Å². The molecule has 2 aromatic heterocycles. The van der Waals surface area contributed by atoms with Gasteiger partial charge in [0.1, 0.15) is 6.54 Å². The Morgan fingerprint density at radius 1 is 1.32 bits per heavy atom. The van der Waals surface area contributed by atoms with Gasteiger partial charge in [-0.3, -0.25) is 14.2 Å². The average molecular weight is 423 g/mol. The third-order valence-corrected chi connectivity index (χ3v) is 4.61. The maximum Gasteiger partial charge on any atom is 0.246 e. The Bertz CT molecular complexity index is 918. The molecule has 0 radical (unpaired) electrons. The Balaban J connectivity index is 1.75. The molecule has 1 amide bonds. The lowest BCUT2D eigenvalue weighted by atomic mass is 10.2. The summed E-state index contributed by atoms with van der Waals surface area (Å²) in [5.74, 6) is -0.154. The Labute approximate surface area is 158 Å². The van der Waals surface area contributed by atoms with Crippen molar-refractivity contribution in [1.29, 1.82) is 0 Å². The molecular formula is C17H17BrClN5O. The fraction of sp³-hybridized carbons (Fsp3) is 0.235. The summed E-state index contributed by atoms with van der Waals surface area (Å²) in [6.45, 7) is 4.49. The molecule has 0 spiro atoms. The predicted octanol–water partition coefficient (Wildman–Crippen LogP) is 3.80. The van der Waals surface area contributed by atoms with Crippen LogP contribution in [0.4, 0.5) is 5.69 Å². The first-order valence-corrected chi connectivity index (χ1v) is 8.86. The second-order valence-electron chi connectivity index (χ2n) is 5.70. The molecule has 0 atom stereocenters. The van der Waals surface area contributed by atoms with E-state index in [1.807, 2.05) is 42.8 Å². The second kappa shape index (κ2) is 7.41. The minimum absolute atomic E-state index is 0.139. The zero-order chi connectivity index (χ0) is 18.0. The molecule has 25 heavy (non-hydrogen) atoms. The third-order valence-electron chi connectivity index (χ3n) is 3.83. The van der Waals surface area contributed by atoms with Crippen molar-refractivity contribution in [2.75, 3.05) is 5.32 Å². The van der Waals surface area contributed by atoms with Crippen LogP contribution in [-0.2, 0) is 17.9 Å². The van der Waals surface area contributed by atoms with Crippen LogP contribution in [0.3, 0.4) is 0 Å². The SMILES string of the molecule is Cc1nn(Cc2ccccc2Cl)c(C)c1NC(=O)Cn1cc(Br)cn1. The van der Waals surface area contributed by atoms with Crippen LogP contribution in [-0.4, -0.2) is 25.5 Å². The first kappa shape index (κ1) is 17.7. The Morgan fingerprint density at radius 3 is 2.76 bits per heavy atom. The van der Waals surface area contributed by atoms with Gasteiger partial charge < -0.3 is 5.32 Å².